The van der Waals surface area contributed by atoms with Crippen molar-refractivity contribution >= 4 is 37.6 Å². The van der Waals surface area contributed by atoms with Gasteiger partial charge in [0.15, 0.2) is 24.7 Å². The fourth-order valence-corrected chi connectivity index (χ4v) is 2.81. The van der Waals surface area contributed by atoms with Crippen LogP contribution in [0.4, 0.5) is 0 Å². The van der Waals surface area contributed by atoms with Crippen LogP contribution in [0.2, 0.25) is 0 Å². The van der Waals surface area contributed by atoms with Crippen LogP contribution in [-0.4, -0.2) is 5.78 Å². The van der Waals surface area contributed by atoms with Crippen LogP contribution >= 0.6 is 31.9 Å². The van der Waals surface area contributed by atoms with Gasteiger partial charge in [-0.2, -0.15) is 0 Å². The molecule has 0 saturated carbocycles. The largest absolute Gasteiger partial charge is 0.289 e. The molecule has 23 heavy (non-hydrogen) atoms. The number of ketones is 1. The van der Waals surface area contributed by atoms with Crippen molar-refractivity contribution in [3.05, 3.63) is 98.7 Å². The number of rotatable bonds is 4. The minimum atomic E-state index is 0.0355. The molecule has 0 aliphatic heterocycles. The highest BCUT2D eigenvalue weighted by Crippen LogP contribution is 2.14. The molecule has 3 rings (SSSR count). The van der Waals surface area contributed by atoms with E-state index in [0.717, 1.165) is 15.5 Å². The second-order valence-corrected chi connectivity index (χ2v) is 7.05. The van der Waals surface area contributed by atoms with Crippen LogP contribution in [-0.2, 0) is 6.54 Å². The van der Waals surface area contributed by atoms with E-state index in [4.69, 9.17) is 0 Å². The van der Waals surface area contributed by atoms with Gasteiger partial charge in [0.25, 0.3) is 0 Å². The lowest BCUT2D eigenvalue weighted by atomic mass is 10.0. The predicted octanol–water partition coefficient (Wildman–Crippen LogP) is 4.78. The van der Waals surface area contributed by atoms with Gasteiger partial charge in [-0.05, 0) is 36.4 Å². The van der Waals surface area contributed by atoms with E-state index in [2.05, 4.69) is 48.6 Å². The van der Waals surface area contributed by atoms with E-state index in [9.17, 15) is 4.79 Å². The van der Waals surface area contributed by atoms with Crippen LogP contribution in [0.25, 0.3) is 0 Å². The number of carbonyl (C=O) groups is 1. The molecular weight excluding hydrogens is 418 g/mol. The van der Waals surface area contributed by atoms with E-state index >= 15 is 0 Å². The third kappa shape index (κ3) is 4.15. The molecule has 0 radical (unpaired) electrons. The molecular formula is C19H14Br2NO+. The number of aromatic nitrogens is 1. The van der Waals surface area contributed by atoms with Gasteiger partial charge in [-0.1, -0.05) is 44.0 Å². The van der Waals surface area contributed by atoms with Crippen molar-refractivity contribution in [1.29, 1.82) is 0 Å². The molecule has 2 aromatic carbocycles. The van der Waals surface area contributed by atoms with Crippen molar-refractivity contribution in [2.75, 3.05) is 0 Å². The summed E-state index contributed by atoms with van der Waals surface area (Å²) in [5, 5.41) is 0. The minimum Gasteiger partial charge on any atom is -0.289 e. The molecule has 0 fully saturated rings. The molecule has 0 aliphatic carbocycles. The number of halogens is 2. The van der Waals surface area contributed by atoms with E-state index in [1.165, 1.54) is 5.56 Å². The number of nitrogens with zero attached hydrogens (tertiary/aromatic N) is 1. The van der Waals surface area contributed by atoms with E-state index in [1.54, 1.807) is 0 Å². The highest BCUT2D eigenvalue weighted by Gasteiger charge is 2.11. The van der Waals surface area contributed by atoms with Gasteiger partial charge in [0.1, 0.15) is 0 Å². The fourth-order valence-electron chi connectivity index (χ4n) is 2.28. The van der Waals surface area contributed by atoms with E-state index in [1.807, 2.05) is 60.9 Å². The van der Waals surface area contributed by atoms with Crippen molar-refractivity contribution in [3.8, 4) is 0 Å². The quantitative estimate of drug-likeness (QED) is 0.430. The Morgan fingerprint density at radius 2 is 1.22 bits per heavy atom. The van der Waals surface area contributed by atoms with Crippen LogP contribution in [0.1, 0.15) is 21.5 Å². The minimum absolute atomic E-state index is 0.0355. The van der Waals surface area contributed by atoms with Crippen LogP contribution in [0.5, 0.6) is 0 Å². The predicted molar refractivity (Wildman–Crippen MR) is 97.5 cm³/mol. The lowest BCUT2D eigenvalue weighted by Gasteiger charge is -2.02. The Hall–Kier alpha value is -1.78. The standard InChI is InChI=1S/C19H14Br2NO/c20-17-5-1-14(2-6-17)13-22-11-9-16(10-12-22)19(23)15-3-7-18(21)8-4-15/h1-12H,13H2/q+1. The Morgan fingerprint density at radius 1 is 0.739 bits per heavy atom. The zero-order valence-corrected chi connectivity index (χ0v) is 15.4. The lowest BCUT2D eigenvalue weighted by molar-refractivity contribution is -0.688. The average molecular weight is 432 g/mol. The Bertz CT molecular complexity index is 809. The molecule has 0 saturated heterocycles. The molecule has 1 heterocycles. The first-order chi connectivity index (χ1) is 11.1. The normalized spacial score (nSPS) is 10.5. The van der Waals surface area contributed by atoms with Crippen molar-refractivity contribution in [2.24, 2.45) is 0 Å². The maximum atomic E-state index is 12.4. The fraction of sp³-hybridized carbons (Fsp3) is 0.0526. The SMILES string of the molecule is O=C(c1ccc(Br)cc1)c1cc[n+](Cc2ccc(Br)cc2)cc1. The van der Waals surface area contributed by atoms with Crippen LogP contribution in [0.15, 0.2) is 82.0 Å². The van der Waals surface area contributed by atoms with Crippen molar-refractivity contribution in [3.63, 3.8) is 0 Å². The summed E-state index contributed by atoms with van der Waals surface area (Å²) in [5.74, 6) is 0.0355. The van der Waals surface area contributed by atoms with Gasteiger partial charge in [0.2, 0.25) is 0 Å². The van der Waals surface area contributed by atoms with Crippen molar-refractivity contribution in [1.82, 2.24) is 0 Å². The van der Waals surface area contributed by atoms with E-state index in [0.29, 0.717) is 11.1 Å². The lowest BCUT2D eigenvalue weighted by Crippen LogP contribution is -2.33. The molecule has 114 valence electrons. The molecule has 0 unspecified atom stereocenters. The summed E-state index contributed by atoms with van der Waals surface area (Å²) in [7, 11) is 0. The molecule has 0 aliphatic rings. The molecule has 0 spiro atoms. The summed E-state index contributed by atoms with van der Waals surface area (Å²) >= 11 is 6.81. The zero-order valence-electron chi connectivity index (χ0n) is 12.2. The Kier molecular flexibility index (Phi) is 5.03. The van der Waals surface area contributed by atoms with Crippen LogP contribution < -0.4 is 4.57 Å². The van der Waals surface area contributed by atoms with Gasteiger partial charge in [0, 0.05) is 37.8 Å². The smallest absolute Gasteiger partial charge is 0.193 e. The average Bonchev–Trinajstić information content (AvgIpc) is 2.58. The van der Waals surface area contributed by atoms with Gasteiger partial charge in [-0.3, -0.25) is 4.79 Å². The summed E-state index contributed by atoms with van der Waals surface area (Å²) in [6.45, 7) is 0.778. The number of carbonyl (C=O) groups excluding carboxylic acids is 1. The van der Waals surface area contributed by atoms with E-state index in [-0.39, 0.29) is 5.78 Å². The summed E-state index contributed by atoms with van der Waals surface area (Å²) in [4.78, 5) is 12.4. The second kappa shape index (κ2) is 7.20. The highest BCUT2D eigenvalue weighted by atomic mass is 79.9. The summed E-state index contributed by atoms with van der Waals surface area (Å²) in [5.41, 5.74) is 2.60. The molecule has 0 N–H and O–H groups in total. The Labute approximate surface area is 152 Å². The molecule has 0 amide bonds. The number of hydrogen-bond acceptors (Lipinski definition) is 1. The van der Waals surface area contributed by atoms with Gasteiger partial charge in [-0.15, -0.1) is 0 Å². The monoisotopic (exact) mass is 430 g/mol. The van der Waals surface area contributed by atoms with Gasteiger partial charge >= 0.3 is 0 Å². The second-order valence-electron chi connectivity index (χ2n) is 5.22. The Morgan fingerprint density at radius 3 is 1.78 bits per heavy atom. The number of pyridine rings is 1. The number of benzene rings is 2. The molecule has 0 bridgehead atoms. The van der Waals surface area contributed by atoms with Crippen LogP contribution in [0.3, 0.4) is 0 Å². The topological polar surface area (TPSA) is 20.9 Å². The summed E-state index contributed by atoms with van der Waals surface area (Å²) in [6, 6.07) is 19.4. The summed E-state index contributed by atoms with van der Waals surface area (Å²) < 4.78 is 4.10. The molecule has 2 nitrogen and oxygen atoms in total. The first-order valence-electron chi connectivity index (χ1n) is 7.16. The highest BCUT2D eigenvalue weighted by molar-refractivity contribution is 9.10. The molecule has 0 atom stereocenters. The molecule has 4 heteroatoms. The first-order valence-corrected chi connectivity index (χ1v) is 8.74. The van der Waals surface area contributed by atoms with Gasteiger partial charge in [0.05, 0.1) is 0 Å². The maximum Gasteiger partial charge on any atom is 0.193 e. The van der Waals surface area contributed by atoms with Crippen molar-refractivity contribution in [2.45, 2.75) is 6.54 Å². The third-order valence-corrected chi connectivity index (χ3v) is 4.60. The first kappa shape index (κ1) is 16.1. The molecule has 3 aromatic rings. The zero-order chi connectivity index (χ0) is 16.2. The van der Waals surface area contributed by atoms with Gasteiger partial charge < -0.3 is 0 Å². The van der Waals surface area contributed by atoms with E-state index < -0.39 is 0 Å². The third-order valence-electron chi connectivity index (χ3n) is 3.54. The van der Waals surface area contributed by atoms with Crippen molar-refractivity contribution < 1.29 is 9.36 Å². The Balaban J connectivity index is 1.75. The molecule has 1 aromatic heterocycles. The maximum absolute atomic E-state index is 12.4. The number of hydrogen-bond donors (Lipinski definition) is 0. The van der Waals surface area contributed by atoms with Gasteiger partial charge in [-0.25, -0.2) is 4.57 Å². The van der Waals surface area contributed by atoms with Crippen LogP contribution in [0, 0.1) is 0 Å². The summed E-state index contributed by atoms with van der Waals surface area (Å²) in [6.07, 6.45) is 3.88.